The predicted octanol–water partition coefficient (Wildman–Crippen LogP) is 3.70. The molecule has 36 heavy (non-hydrogen) atoms. The number of amides is 3. The van der Waals surface area contributed by atoms with E-state index in [0.29, 0.717) is 24.6 Å². The van der Waals surface area contributed by atoms with Gasteiger partial charge in [-0.25, -0.2) is 9.69 Å². The molecular weight excluding hydrogens is 464 g/mol. The Kier molecular flexibility index (Phi) is 6.74. The van der Waals surface area contributed by atoms with E-state index in [1.165, 1.54) is 4.90 Å². The second-order valence-corrected chi connectivity index (χ2v) is 9.59. The van der Waals surface area contributed by atoms with Crippen molar-refractivity contribution in [1.82, 2.24) is 4.90 Å². The average Bonchev–Trinajstić information content (AvgIpc) is 3.33. The summed E-state index contributed by atoms with van der Waals surface area (Å²) >= 11 is 0. The quantitative estimate of drug-likeness (QED) is 0.578. The number of urea groups is 1. The first-order valence-corrected chi connectivity index (χ1v) is 12.3. The Morgan fingerprint density at radius 1 is 1.00 bits per heavy atom. The van der Waals surface area contributed by atoms with Gasteiger partial charge < -0.3 is 28.6 Å². The lowest BCUT2D eigenvalue weighted by molar-refractivity contribution is -0.223. The monoisotopic (exact) mass is 496 g/mol. The number of carbonyl (C=O) groups is 2. The molecule has 9 nitrogen and oxygen atoms in total. The third-order valence-electron chi connectivity index (χ3n) is 6.75. The van der Waals surface area contributed by atoms with Crippen molar-refractivity contribution < 1.29 is 33.3 Å². The van der Waals surface area contributed by atoms with E-state index >= 15 is 0 Å². The van der Waals surface area contributed by atoms with Gasteiger partial charge in [0, 0.05) is 13.7 Å². The molecule has 2 aromatic rings. The largest absolute Gasteiger partial charge is 0.494 e. The van der Waals surface area contributed by atoms with Crippen LogP contribution in [0.4, 0.5) is 10.5 Å². The number of benzene rings is 2. The molecule has 3 aliphatic rings. The molecule has 3 aliphatic heterocycles. The molecule has 3 saturated heterocycles. The van der Waals surface area contributed by atoms with E-state index in [9.17, 15) is 9.59 Å². The maximum atomic E-state index is 13.9. The van der Waals surface area contributed by atoms with Gasteiger partial charge in [0.05, 0.1) is 24.8 Å². The van der Waals surface area contributed by atoms with Crippen molar-refractivity contribution in [3.05, 3.63) is 60.2 Å². The molecule has 3 fully saturated rings. The van der Waals surface area contributed by atoms with Gasteiger partial charge in [0.2, 0.25) is 5.91 Å². The van der Waals surface area contributed by atoms with E-state index in [1.54, 1.807) is 36.3 Å². The molecular formula is C27H32N2O7. The van der Waals surface area contributed by atoms with Gasteiger partial charge in [-0.05, 0) is 50.6 Å². The van der Waals surface area contributed by atoms with Crippen LogP contribution in [0.1, 0.15) is 32.8 Å². The lowest BCUT2D eigenvalue weighted by Crippen LogP contribution is -2.62. The number of carbonyl (C=O) groups excluding carboxylic acids is 2. The molecule has 1 unspecified atom stereocenters. The van der Waals surface area contributed by atoms with Gasteiger partial charge in [-0.3, -0.25) is 4.79 Å². The number of hydrogen-bond acceptors (Lipinski definition) is 7. The summed E-state index contributed by atoms with van der Waals surface area (Å²) in [6.45, 7) is 6.38. The number of methoxy groups -OCH3 is 1. The Hall–Kier alpha value is -2.98. The van der Waals surface area contributed by atoms with Gasteiger partial charge in [0.1, 0.15) is 24.1 Å². The van der Waals surface area contributed by atoms with Crippen LogP contribution < -0.4 is 9.64 Å². The van der Waals surface area contributed by atoms with Crippen LogP contribution in [0.15, 0.2) is 54.6 Å². The fourth-order valence-corrected chi connectivity index (χ4v) is 5.21. The summed E-state index contributed by atoms with van der Waals surface area (Å²) in [5, 5.41) is 0. The lowest BCUT2D eigenvalue weighted by atomic mass is 9.95. The Bertz CT molecular complexity index is 1090. The standard InChI is InChI=1S/C27H32N2O7/c1-5-33-19-13-11-18(12-14-19)29-21(30)15-20(28(26(29)31)16-17-9-7-6-8-10-17)22-23(32-4)24-25(34-22)36-27(2,3)35-24/h6-14,20,22-25H,5,15-16H2,1-4H3/t20?,22-,23+,24-,25-/m1/s1. The molecule has 0 bridgehead atoms. The highest BCUT2D eigenvalue weighted by Crippen LogP contribution is 2.42. The molecule has 0 aromatic heterocycles. The van der Waals surface area contributed by atoms with Gasteiger partial charge in [-0.15, -0.1) is 0 Å². The number of anilines is 1. The highest BCUT2D eigenvalue weighted by molar-refractivity contribution is 6.16. The van der Waals surface area contributed by atoms with Gasteiger partial charge in [0.25, 0.3) is 0 Å². The van der Waals surface area contributed by atoms with Crippen LogP contribution in [0.2, 0.25) is 0 Å². The van der Waals surface area contributed by atoms with Crippen LogP contribution in [0.3, 0.4) is 0 Å². The zero-order chi connectivity index (χ0) is 25.4. The van der Waals surface area contributed by atoms with E-state index in [-0.39, 0.29) is 12.3 Å². The fraction of sp³-hybridized carbons (Fsp3) is 0.481. The minimum Gasteiger partial charge on any atom is -0.494 e. The summed E-state index contributed by atoms with van der Waals surface area (Å²) in [5.41, 5.74) is 1.43. The minimum atomic E-state index is -0.802. The van der Waals surface area contributed by atoms with E-state index in [0.717, 1.165) is 5.56 Å². The molecule has 3 heterocycles. The topological polar surface area (TPSA) is 86.8 Å². The third-order valence-corrected chi connectivity index (χ3v) is 6.75. The van der Waals surface area contributed by atoms with Gasteiger partial charge in [-0.1, -0.05) is 30.3 Å². The SMILES string of the molecule is CCOc1ccc(N2C(=O)CC([C@H]3O[C@@H]4OC(C)(C)O[C@@H]4[C@H]3OC)N(Cc3ccccc3)C2=O)cc1. The average molecular weight is 497 g/mol. The normalized spacial score (nSPS) is 29.5. The van der Waals surface area contributed by atoms with Crippen LogP contribution in [-0.2, 0) is 30.3 Å². The highest BCUT2D eigenvalue weighted by Gasteiger charge is 2.59. The molecule has 0 saturated carbocycles. The summed E-state index contributed by atoms with van der Waals surface area (Å²) in [7, 11) is 1.58. The van der Waals surface area contributed by atoms with E-state index < -0.39 is 42.5 Å². The van der Waals surface area contributed by atoms with Gasteiger partial charge in [0.15, 0.2) is 12.1 Å². The fourth-order valence-electron chi connectivity index (χ4n) is 5.21. The summed E-state index contributed by atoms with van der Waals surface area (Å²) in [6, 6.07) is 15.7. The first kappa shape index (κ1) is 24.7. The van der Waals surface area contributed by atoms with Crippen molar-refractivity contribution in [3.8, 4) is 5.75 Å². The summed E-state index contributed by atoms with van der Waals surface area (Å²) in [4.78, 5) is 30.2. The first-order chi connectivity index (χ1) is 17.3. The molecule has 0 aliphatic carbocycles. The van der Waals surface area contributed by atoms with Crippen molar-refractivity contribution >= 4 is 17.6 Å². The van der Waals surface area contributed by atoms with Crippen LogP contribution >= 0.6 is 0 Å². The van der Waals surface area contributed by atoms with Crippen LogP contribution in [-0.4, -0.2) is 67.0 Å². The van der Waals surface area contributed by atoms with Crippen molar-refractivity contribution in [2.24, 2.45) is 0 Å². The van der Waals surface area contributed by atoms with Gasteiger partial charge in [-0.2, -0.15) is 0 Å². The van der Waals surface area contributed by atoms with Crippen molar-refractivity contribution in [2.75, 3.05) is 18.6 Å². The lowest BCUT2D eigenvalue weighted by Gasteiger charge is -2.43. The van der Waals surface area contributed by atoms with Crippen LogP contribution in [0.25, 0.3) is 0 Å². The zero-order valence-electron chi connectivity index (χ0n) is 21.0. The van der Waals surface area contributed by atoms with E-state index in [1.807, 2.05) is 51.1 Å². The Balaban J connectivity index is 1.45. The summed E-state index contributed by atoms with van der Waals surface area (Å²) in [5.74, 6) is -0.436. The van der Waals surface area contributed by atoms with Crippen LogP contribution in [0, 0.1) is 0 Å². The second kappa shape index (κ2) is 9.82. The number of imide groups is 1. The van der Waals surface area contributed by atoms with Crippen LogP contribution in [0.5, 0.6) is 5.75 Å². The Morgan fingerprint density at radius 2 is 1.72 bits per heavy atom. The second-order valence-electron chi connectivity index (χ2n) is 9.59. The van der Waals surface area contributed by atoms with Gasteiger partial charge >= 0.3 is 6.03 Å². The smallest absolute Gasteiger partial charge is 0.332 e. The molecule has 2 aromatic carbocycles. The maximum absolute atomic E-state index is 13.9. The number of ether oxygens (including phenoxy) is 5. The molecule has 0 spiro atoms. The highest BCUT2D eigenvalue weighted by atomic mass is 16.8. The number of rotatable bonds is 7. The Labute approximate surface area is 210 Å². The molecule has 192 valence electrons. The number of nitrogens with zero attached hydrogens (tertiary/aromatic N) is 2. The van der Waals surface area contributed by atoms with E-state index in [4.69, 9.17) is 23.7 Å². The van der Waals surface area contributed by atoms with E-state index in [2.05, 4.69) is 0 Å². The third kappa shape index (κ3) is 4.59. The van der Waals surface area contributed by atoms with Crippen molar-refractivity contribution in [3.63, 3.8) is 0 Å². The molecule has 5 rings (SSSR count). The Morgan fingerprint density at radius 3 is 2.39 bits per heavy atom. The number of fused-ring (bicyclic) bond motifs is 1. The molecule has 3 amide bonds. The summed E-state index contributed by atoms with van der Waals surface area (Å²) < 4.78 is 29.5. The number of hydrogen-bond donors (Lipinski definition) is 0. The molecule has 9 heteroatoms. The van der Waals surface area contributed by atoms with Crippen molar-refractivity contribution in [1.29, 1.82) is 0 Å². The molecule has 5 atom stereocenters. The molecule has 0 radical (unpaired) electrons. The summed E-state index contributed by atoms with van der Waals surface area (Å²) in [6.07, 6.45) is -2.12. The first-order valence-electron chi connectivity index (χ1n) is 12.3. The van der Waals surface area contributed by atoms with Crippen molar-refractivity contribution in [2.45, 2.75) is 70.2 Å². The predicted molar refractivity (Wildman–Crippen MR) is 130 cm³/mol. The molecule has 0 N–H and O–H groups in total. The maximum Gasteiger partial charge on any atom is 0.332 e. The zero-order valence-corrected chi connectivity index (χ0v) is 21.0. The minimum absolute atomic E-state index is 0.0686.